The number of hydrogen-bond acceptors (Lipinski definition) is 2. The number of rotatable bonds is 4. The zero-order valence-corrected chi connectivity index (χ0v) is 13.1. The third kappa shape index (κ3) is 3.28. The van der Waals surface area contributed by atoms with E-state index in [1.807, 2.05) is 12.1 Å². The molecule has 0 spiro atoms. The van der Waals surface area contributed by atoms with E-state index >= 15 is 0 Å². The number of piperidine rings is 1. The van der Waals surface area contributed by atoms with Gasteiger partial charge >= 0.3 is 0 Å². The summed E-state index contributed by atoms with van der Waals surface area (Å²) in [5.41, 5.74) is 3.49. The summed E-state index contributed by atoms with van der Waals surface area (Å²) in [5.74, 6) is 1.21. The number of carbonyl (C=O) groups excluding carboxylic acids is 1. The highest BCUT2D eigenvalue weighted by Gasteiger charge is 2.26. The largest absolute Gasteiger partial charge is 0.317 e. The fourth-order valence-electron chi connectivity index (χ4n) is 3.50. The molecule has 0 amide bonds. The number of Topliss-reactive ketones (excluding diaryl/α,β-unsaturated/α-hetero) is 1. The molecule has 1 fully saturated rings. The minimum atomic E-state index is 0.129. The van der Waals surface area contributed by atoms with Gasteiger partial charge in [-0.25, -0.2) is 0 Å². The molecule has 1 aliphatic heterocycles. The Morgan fingerprint density at radius 3 is 2.14 bits per heavy atom. The van der Waals surface area contributed by atoms with Crippen LogP contribution in [0.1, 0.15) is 47.2 Å². The van der Waals surface area contributed by atoms with Gasteiger partial charge in [-0.3, -0.25) is 4.79 Å². The average Bonchev–Trinajstić information content (AvgIpc) is 2.57. The Hall–Kier alpha value is -1.93. The van der Waals surface area contributed by atoms with Gasteiger partial charge in [0.25, 0.3) is 0 Å². The zero-order valence-electron chi connectivity index (χ0n) is 13.1. The highest BCUT2D eigenvalue weighted by molar-refractivity contribution is 5.94. The van der Waals surface area contributed by atoms with E-state index in [2.05, 4.69) is 47.8 Å². The van der Waals surface area contributed by atoms with Crippen LogP contribution in [-0.4, -0.2) is 18.9 Å². The van der Waals surface area contributed by atoms with Crippen molar-refractivity contribution in [1.82, 2.24) is 5.32 Å². The predicted molar refractivity (Wildman–Crippen MR) is 90.3 cm³/mol. The summed E-state index contributed by atoms with van der Waals surface area (Å²) in [6.45, 7) is 3.82. The van der Waals surface area contributed by atoms with Crippen LogP contribution in [0.2, 0.25) is 0 Å². The van der Waals surface area contributed by atoms with Gasteiger partial charge in [0.15, 0.2) is 5.78 Å². The molecule has 1 heterocycles. The first-order valence-corrected chi connectivity index (χ1v) is 8.12. The molecular formula is C20H23NO. The molecule has 1 saturated heterocycles. The van der Waals surface area contributed by atoms with E-state index in [1.165, 1.54) is 24.0 Å². The molecule has 114 valence electrons. The second-order valence-electron chi connectivity index (χ2n) is 6.15. The van der Waals surface area contributed by atoms with E-state index in [4.69, 9.17) is 0 Å². The third-order valence-corrected chi connectivity index (χ3v) is 4.69. The van der Waals surface area contributed by atoms with E-state index in [1.54, 1.807) is 6.92 Å². The quantitative estimate of drug-likeness (QED) is 0.863. The normalized spacial score (nSPS) is 17.1. The summed E-state index contributed by atoms with van der Waals surface area (Å²) >= 11 is 0. The topological polar surface area (TPSA) is 29.1 Å². The lowest BCUT2D eigenvalue weighted by atomic mass is 9.76. The van der Waals surface area contributed by atoms with Crippen molar-refractivity contribution in [2.24, 2.45) is 5.92 Å². The van der Waals surface area contributed by atoms with Crippen LogP contribution in [0.5, 0.6) is 0 Å². The molecule has 0 radical (unpaired) electrons. The molecule has 3 rings (SSSR count). The Morgan fingerprint density at radius 1 is 0.955 bits per heavy atom. The molecule has 22 heavy (non-hydrogen) atoms. The van der Waals surface area contributed by atoms with Crippen molar-refractivity contribution in [2.45, 2.75) is 25.7 Å². The van der Waals surface area contributed by atoms with Crippen LogP contribution in [0.15, 0.2) is 54.6 Å². The summed E-state index contributed by atoms with van der Waals surface area (Å²) in [7, 11) is 0. The van der Waals surface area contributed by atoms with Crippen LogP contribution >= 0.6 is 0 Å². The molecule has 1 atom stereocenters. The van der Waals surface area contributed by atoms with Crippen molar-refractivity contribution in [3.63, 3.8) is 0 Å². The van der Waals surface area contributed by atoms with Crippen LogP contribution in [0.3, 0.4) is 0 Å². The highest BCUT2D eigenvalue weighted by atomic mass is 16.1. The van der Waals surface area contributed by atoms with E-state index in [-0.39, 0.29) is 5.78 Å². The summed E-state index contributed by atoms with van der Waals surface area (Å²) in [6, 6.07) is 19.0. The molecule has 0 aromatic heterocycles. The van der Waals surface area contributed by atoms with Gasteiger partial charge in [0.2, 0.25) is 0 Å². The molecule has 2 aromatic rings. The molecule has 2 heteroatoms. The van der Waals surface area contributed by atoms with Crippen LogP contribution in [0, 0.1) is 5.92 Å². The number of benzene rings is 2. The van der Waals surface area contributed by atoms with E-state index in [0.717, 1.165) is 18.7 Å². The summed E-state index contributed by atoms with van der Waals surface area (Å²) in [5, 5.41) is 3.45. The van der Waals surface area contributed by atoms with Crippen LogP contribution in [-0.2, 0) is 0 Å². The first kappa shape index (κ1) is 15.0. The Morgan fingerprint density at radius 2 is 1.55 bits per heavy atom. The molecule has 0 saturated carbocycles. The summed E-state index contributed by atoms with van der Waals surface area (Å²) in [6.07, 6.45) is 2.40. The number of nitrogens with one attached hydrogen (secondary N) is 1. The summed E-state index contributed by atoms with van der Waals surface area (Å²) in [4.78, 5) is 11.5. The maximum Gasteiger partial charge on any atom is 0.159 e. The molecule has 2 nitrogen and oxygen atoms in total. The Balaban J connectivity index is 1.95. The molecule has 1 aliphatic rings. The second kappa shape index (κ2) is 6.89. The molecule has 1 N–H and O–H groups in total. The lowest BCUT2D eigenvalue weighted by molar-refractivity contribution is 0.101. The second-order valence-corrected chi connectivity index (χ2v) is 6.15. The van der Waals surface area contributed by atoms with Crippen LogP contribution in [0.25, 0.3) is 0 Å². The Bertz CT molecular complexity index is 612. The molecule has 0 aliphatic carbocycles. The lowest BCUT2D eigenvalue weighted by Crippen LogP contribution is -2.31. The number of carbonyl (C=O) groups is 1. The van der Waals surface area contributed by atoms with Crippen molar-refractivity contribution < 1.29 is 4.79 Å². The standard InChI is InChI=1S/C20H23NO/c1-15(22)16-7-9-18(10-8-16)20(17-5-3-2-4-6-17)19-11-13-21-14-12-19/h2-10,19-21H,11-14H2,1H3. The maximum atomic E-state index is 11.5. The van der Waals surface area contributed by atoms with Crippen LogP contribution < -0.4 is 5.32 Å². The van der Waals surface area contributed by atoms with Gasteiger partial charge in [0, 0.05) is 11.5 Å². The fourth-order valence-corrected chi connectivity index (χ4v) is 3.50. The Labute approximate surface area is 132 Å². The number of ketones is 1. The smallest absolute Gasteiger partial charge is 0.159 e. The van der Waals surface area contributed by atoms with Crippen molar-refractivity contribution in [2.75, 3.05) is 13.1 Å². The van der Waals surface area contributed by atoms with E-state index < -0.39 is 0 Å². The van der Waals surface area contributed by atoms with Gasteiger partial charge in [-0.15, -0.1) is 0 Å². The minimum Gasteiger partial charge on any atom is -0.317 e. The van der Waals surface area contributed by atoms with E-state index in [0.29, 0.717) is 11.8 Å². The zero-order chi connectivity index (χ0) is 15.4. The molecular weight excluding hydrogens is 270 g/mol. The Kier molecular flexibility index (Phi) is 4.69. The SMILES string of the molecule is CC(=O)c1ccc(C(c2ccccc2)C2CCNCC2)cc1. The number of hydrogen-bond donors (Lipinski definition) is 1. The van der Waals surface area contributed by atoms with Crippen LogP contribution in [0.4, 0.5) is 0 Å². The summed E-state index contributed by atoms with van der Waals surface area (Å²) < 4.78 is 0. The van der Waals surface area contributed by atoms with Crippen molar-refractivity contribution in [3.05, 3.63) is 71.3 Å². The van der Waals surface area contributed by atoms with Gasteiger partial charge < -0.3 is 5.32 Å². The monoisotopic (exact) mass is 293 g/mol. The minimum absolute atomic E-state index is 0.129. The molecule has 1 unspecified atom stereocenters. The van der Waals surface area contributed by atoms with Crippen molar-refractivity contribution in [3.8, 4) is 0 Å². The van der Waals surface area contributed by atoms with Gasteiger partial charge in [-0.2, -0.15) is 0 Å². The average molecular weight is 293 g/mol. The van der Waals surface area contributed by atoms with Gasteiger partial charge in [-0.05, 0) is 49.9 Å². The van der Waals surface area contributed by atoms with Gasteiger partial charge in [0.1, 0.15) is 0 Å². The molecule has 2 aromatic carbocycles. The van der Waals surface area contributed by atoms with Crippen molar-refractivity contribution in [1.29, 1.82) is 0 Å². The first-order chi connectivity index (χ1) is 10.8. The predicted octanol–water partition coefficient (Wildman–Crippen LogP) is 4.02. The highest BCUT2D eigenvalue weighted by Crippen LogP contribution is 2.36. The maximum absolute atomic E-state index is 11.5. The lowest BCUT2D eigenvalue weighted by Gasteiger charge is -2.31. The molecule has 0 bridgehead atoms. The third-order valence-electron chi connectivity index (χ3n) is 4.69. The van der Waals surface area contributed by atoms with Gasteiger partial charge in [0.05, 0.1) is 0 Å². The first-order valence-electron chi connectivity index (χ1n) is 8.12. The van der Waals surface area contributed by atoms with Crippen molar-refractivity contribution >= 4 is 5.78 Å². The van der Waals surface area contributed by atoms with Gasteiger partial charge in [-0.1, -0.05) is 54.6 Å². The van der Waals surface area contributed by atoms with E-state index in [9.17, 15) is 4.79 Å². The fraction of sp³-hybridized carbons (Fsp3) is 0.350.